The van der Waals surface area contributed by atoms with E-state index in [0.717, 1.165) is 38.5 Å². The summed E-state index contributed by atoms with van der Waals surface area (Å²) in [5, 5.41) is 0. The Morgan fingerprint density at radius 1 is 1.19 bits per heavy atom. The van der Waals surface area contributed by atoms with Gasteiger partial charge in [-0.15, -0.1) is 0 Å². The number of hydrogen-bond acceptors (Lipinski definition) is 2. The van der Waals surface area contributed by atoms with Crippen LogP contribution in [0.5, 0.6) is 0 Å². The summed E-state index contributed by atoms with van der Waals surface area (Å²) in [6, 6.07) is 0. The molecule has 0 aliphatic heterocycles. The van der Waals surface area contributed by atoms with Gasteiger partial charge in [0.25, 0.3) is 0 Å². The zero-order valence-corrected chi connectivity index (χ0v) is 10.8. The van der Waals surface area contributed by atoms with Crippen molar-refractivity contribution in [1.82, 2.24) is 0 Å². The molecule has 0 radical (unpaired) electrons. The number of Topliss-reactive ketones (excluding diaryl/α,β-unsaturated/α-hetero) is 1. The van der Waals surface area contributed by atoms with Crippen LogP contribution in [-0.4, -0.2) is 18.0 Å². The quantitative estimate of drug-likeness (QED) is 0.732. The molecule has 0 aromatic rings. The van der Waals surface area contributed by atoms with Crippen LogP contribution in [0, 0.1) is 11.3 Å². The van der Waals surface area contributed by atoms with Crippen molar-refractivity contribution in [3.8, 4) is 0 Å². The second-order valence-corrected chi connectivity index (χ2v) is 6.23. The molecule has 2 aliphatic rings. The molecule has 0 unspecified atom stereocenters. The average molecular weight is 224 g/mol. The SMILES string of the molecule is CCOC1(C(=O)C2CC2)CCC(C)(C)CC1. The van der Waals surface area contributed by atoms with E-state index in [4.69, 9.17) is 4.74 Å². The summed E-state index contributed by atoms with van der Waals surface area (Å²) in [6.07, 6.45) is 6.29. The predicted molar refractivity (Wildman–Crippen MR) is 64.3 cm³/mol. The van der Waals surface area contributed by atoms with E-state index >= 15 is 0 Å². The van der Waals surface area contributed by atoms with Gasteiger partial charge in [-0.1, -0.05) is 13.8 Å². The minimum Gasteiger partial charge on any atom is -0.367 e. The minimum atomic E-state index is -0.411. The number of carbonyl (C=O) groups is 1. The van der Waals surface area contributed by atoms with Crippen molar-refractivity contribution in [2.24, 2.45) is 11.3 Å². The van der Waals surface area contributed by atoms with Gasteiger partial charge < -0.3 is 4.74 Å². The Balaban J connectivity index is 2.07. The molecule has 2 nitrogen and oxygen atoms in total. The van der Waals surface area contributed by atoms with Crippen molar-refractivity contribution in [1.29, 1.82) is 0 Å². The van der Waals surface area contributed by atoms with Gasteiger partial charge in [-0.05, 0) is 50.9 Å². The molecule has 0 aromatic heterocycles. The molecule has 0 heterocycles. The molecular formula is C14H24O2. The van der Waals surface area contributed by atoms with E-state index in [1.54, 1.807) is 0 Å². The van der Waals surface area contributed by atoms with Gasteiger partial charge in [-0.25, -0.2) is 0 Å². The summed E-state index contributed by atoms with van der Waals surface area (Å²) < 4.78 is 5.88. The van der Waals surface area contributed by atoms with Crippen LogP contribution in [0.15, 0.2) is 0 Å². The lowest BCUT2D eigenvalue weighted by Crippen LogP contribution is -2.47. The molecule has 2 aliphatic carbocycles. The Hall–Kier alpha value is -0.370. The first kappa shape index (κ1) is 12.1. The van der Waals surface area contributed by atoms with Crippen molar-refractivity contribution < 1.29 is 9.53 Å². The monoisotopic (exact) mass is 224 g/mol. The molecular weight excluding hydrogens is 200 g/mol. The number of ether oxygens (including phenoxy) is 1. The summed E-state index contributed by atoms with van der Waals surface area (Å²) in [5.74, 6) is 0.734. The second-order valence-electron chi connectivity index (χ2n) is 6.23. The smallest absolute Gasteiger partial charge is 0.167 e. The summed E-state index contributed by atoms with van der Waals surface area (Å²) in [7, 11) is 0. The third kappa shape index (κ3) is 2.32. The molecule has 0 saturated heterocycles. The van der Waals surface area contributed by atoms with E-state index in [1.807, 2.05) is 6.92 Å². The first-order valence-corrected chi connectivity index (χ1v) is 6.67. The lowest BCUT2D eigenvalue weighted by molar-refractivity contribution is -0.153. The Morgan fingerprint density at radius 3 is 2.19 bits per heavy atom. The van der Waals surface area contributed by atoms with Gasteiger partial charge in [0.1, 0.15) is 5.60 Å². The van der Waals surface area contributed by atoms with E-state index in [-0.39, 0.29) is 0 Å². The van der Waals surface area contributed by atoms with Crippen LogP contribution >= 0.6 is 0 Å². The fourth-order valence-corrected chi connectivity index (χ4v) is 2.79. The molecule has 0 N–H and O–H groups in total. The first-order valence-electron chi connectivity index (χ1n) is 6.67. The Kier molecular flexibility index (Phi) is 3.13. The van der Waals surface area contributed by atoms with Crippen molar-refractivity contribution in [2.75, 3.05) is 6.61 Å². The zero-order chi connectivity index (χ0) is 11.8. The lowest BCUT2D eigenvalue weighted by Gasteiger charge is -2.42. The maximum absolute atomic E-state index is 12.4. The molecule has 16 heavy (non-hydrogen) atoms. The van der Waals surface area contributed by atoms with Crippen molar-refractivity contribution >= 4 is 5.78 Å². The fraction of sp³-hybridized carbons (Fsp3) is 0.929. The molecule has 2 heteroatoms. The van der Waals surface area contributed by atoms with Gasteiger partial charge in [-0.2, -0.15) is 0 Å². The zero-order valence-electron chi connectivity index (χ0n) is 10.8. The normalized spacial score (nSPS) is 27.7. The predicted octanol–water partition coefficient (Wildman–Crippen LogP) is 3.34. The third-order valence-electron chi connectivity index (χ3n) is 4.23. The van der Waals surface area contributed by atoms with Crippen LogP contribution in [0.25, 0.3) is 0 Å². The molecule has 92 valence electrons. The van der Waals surface area contributed by atoms with Gasteiger partial charge in [0.05, 0.1) is 0 Å². The van der Waals surface area contributed by atoms with E-state index in [0.29, 0.717) is 23.7 Å². The first-order chi connectivity index (χ1) is 7.49. The van der Waals surface area contributed by atoms with E-state index in [9.17, 15) is 4.79 Å². The largest absolute Gasteiger partial charge is 0.367 e. The van der Waals surface area contributed by atoms with Crippen LogP contribution in [0.1, 0.15) is 59.3 Å². The maximum Gasteiger partial charge on any atom is 0.167 e. The van der Waals surface area contributed by atoms with E-state index < -0.39 is 5.60 Å². The summed E-state index contributed by atoms with van der Waals surface area (Å²) in [5.41, 5.74) is -0.0180. The number of carbonyl (C=O) groups excluding carboxylic acids is 1. The fourth-order valence-electron chi connectivity index (χ4n) is 2.79. The molecule has 0 aromatic carbocycles. The average Bonchev–Trinajstić information content (AvgIpc) is 3.04. The highest BCUT2D eigenvalue weighted by Gasteiger charge is 2.49. The molecule has 2 fully saturated rings. The van der Waals surface area contributed by atoms with Crippen LogP contribution in [-0.2, 0) is 9.53 Å². The summed E-state index contributed by atoms with van der Waals surface area (Å²) >= 11 is 0. The molecule has 0 atom stereocenters. The summed E-state index contributed by atoms with van der Waals surface area (Å²) in [6.45, 7) is 7.26. The standard InChI is InChI=1S/C14H24O2/c1-4-16-14(12(15)11-5-6-11)9-7-13(2,3)8-10-14/h11H,4-10H2,1-3H3. The molecule has 2 saturated carbocycles. The molecule has 0 bridgehead atoms. The lowest BCUT2D eigenvalue weighted by atomic mass is 9.69. The van der Waals surface area contributed by atoms with Gasteiger partial charge in [-0.3, -0.25) is 4.79 Å². The van der Waals surface area contributed by atoms with E-state index in [2.05, 4.69) is 13.8 Å². The Bertz CT molecular complexity index is 266. The molecule has 2 rings (SSSR count). The van der Waals surface area contributed by atoms with Gasteiger partial charge in [0.2, 0.25) is 0 Å². The van der Waals surface area contributed by atoms with Crippen LogP contribution in [0.3, 0.4) is 0 Å². The number of rotatable bonds is 4. The van der Waals surface area contributed by atoms with Gasteiger partial charge >= 0.3 is 0 Å². The molecule has 0 amide bonds. The number of hydrogen-bond donors (Lipinski definition) is 0. The van der Waals surface area contributed by atoms with Crippen molar-refractivity contribution in [3.05, 3.63) is 0 Å². The van der Waals surface area contributed by atoms with Crippen LogP contribution < -0.4 is 0 Å². The summed E-state index contributed by atoms with van der Waals surface area (Å²) in [4.78, 5) is 12.4. The van der Waals surface area contributed by atoms with Crippen molar-refractivity contribution in [2.45, 2.75) is 64.9 Å². The van der Waals surface area contributed by atoms with Crippen molar-refractivity contribution in [3.63, 3.8) is 0 Å². The number of ketones is 1. The van der Waals surface area contributed by atoms with Crippen LogP contribution in [0.2, 0.25) is 0 Å². The Labute approximate surface area is 98.7 Å². The highest BCUT2D eigenvalue weighted by molar-refractivity contribution is 5.91. The van der Waals surface area contributed by atoms with E-state index in [1.165, 1.54) is 0 Å². The minimum absolute atomic E-state index is 0.327. The highest BCUT2D eigenvalue weighted by Crippen LogP contribution is 2.46. The molecule has 0 spiro atoms. The van der Waals surface area contributed by atoms with Gasteiger partial charge in [0.15, 0.2) is 5.78 Å². The Morgan fingerprint density at radius 2 is 1.75 bits per heavy atom. The van der Waals surface area contributed by atoms with Crippen LogP contribution in [0.4, 0.5) is 0 Å². The second kappa shape index (κ2) is 4.14. The third-order valence-corrected chi connectivity index (χ3v) is 4.23. The van der Waals surface area contributed by atoms with Gasteiger partial charge in [0, 0.05) is 12.5 Å². The maximum atomic E-state index is 12.4. The topological polar surface area (TPSA) is 26.3 Å². The highest BCUT2D eigenvalue weighted by atomic mass is 16.5.